The lowest BCUT2D eigenvalue weighted by atomic mass is 10.0. The van der Waals surface area contributed by atoms with E-state index in [0.717, 1.165) is 5.56 Å². The minimum Gasteiger partial charge on any atom is -0.384 e. The number of rotatable bonds is 2. The molecule has 0 aliphatic rings. The fourth-order valence-corrected chi connectivity index (χ4v) is 1.81. The summed E-state index contributed by atoms with van der Waals surface area (Å²) >= 11 is 11.7. The van der Waals surface area contributed by atoms with E-state index in [-0.39, 0.29) is 5.28 Å². The summed E-state index contributed by atoms with van der Waals surface area (Å²) in [6, 6.07) is 8.95. The second-order valence-corrected chi connectivity index (χ2v) is 5.25. The zero-order valence-corrected chi connectivity index (χ0v) is 11.5. The van der Waals surface area contributed by atoms with E-state index in [2.05, 4.69) is 9.97 Å². The van der Waals surface area contributed by atoms with Crippen LogP contribution < -0.4 is 0 Å². The standard InChI is InChI=1S/C13H12Cl2N2O/c1-13(2,18)11-7-10(16-12(15)17-11)8-3-5-9(14)6-4-8/h3-7,18H,1-2H3. The maximum atomic E-state index is 9.96. The third-order valence-electron chi connectivity index (χ3n) is 2.47. The van der Waals surface area contributed by atoms with Crippen molar-refractivity contribution in [1.29, 1.82) is 0 Å². The molecule has 0 atom stereocenters. The van der Waals surface area contributed by atoms with Crippen LogP contribution in [0.2, 0.25) is 10.3 Å². The number of aliphatic hydroxyl groups is 1. The minimum absolute atomic E-state index is 0.111. The third-order valence-corrected chi connectivity index (χ3v) is 2.89. The number of hydrogen-bond acceptors (Lipinski definition) is 3. The lowest BCUT2D eigenvalue weighted by molar-refractivity contribution is 0.0737. The SMILES string of the molecule is CC(C)(O)c1cc(-c2ccc(Cl)cc2)nc(Cl)n1. The molecule has 0 aliphatic heterocycles. The third kappa shape index (κ3) is 2.99. The topological polar surface area (TPSA) is 46.0 Å². The van der Waals surface area contributed by atoms with Crippen LogP contribution >= 0.6 is 23.2 Å². The monoisotopic (exact) mass is 282 g/mol. The van der Waals surface area contributed by atoms with Gasteiger partial charge in [-0.25, -0.2) is 9.97 Å². The maximum Gasteiger partial charge on any atom is 0.223 e. The van der Waals surface area contributed by atoms with E-state index < -0.39 is 5.60 Å². The van der Waals surface area contributed by atoms with Crippen molar-refractivity contribution in [1.82, 2.24) is 9.97 Å². The van der Waals surface area contributed by atoms with Crippen LogP contribution in [0, 0.1) is 0 Å². The molecule has 0 radical (unpaired) electrons. The van der Waals surface area contributed by atoms with Gasteiger partial charge in [0, 0.05) is 10.6 Å². The summed E-state index contributed by atoms with van der Waals surface area (Å²) in [5, 5.41) is 10.7. The summed E-state index contributed by atoms with van der Waals surface area (Å²) in [5.74, 6) is 0. The Morgan fingerprint density at radius 3 is 2.22 bits per heavy atom. The van der Waals surface area contributed by atoms with E-state index >= 15 is 0 Å². The summed E-state index contributed by atoms with van der Waals surface area (Å²) in [6.45, 7) is 3.30. The van der Waals surface area contributed by atoms with Crippen LogP contribution in [-0.4, -0.2) is 15.1 Å². The minimum atomic E-state index is -1.06. The molecule has 2 aromatic rings. The van der Waals surface area contributed by atoms with Crippen molar-refractivity contribution in [2.75, 3.05) is 0 Å². The lowest BCUT2D eigenvalue weighted by Crippen LogP contribution is -2.18. The van der Waals surface area contributed by atoms with Crippen molar-refractivity contribution in [2.24, 2.45) is 0 Å². The fraction of sp³-hybridized carbons (Fsp3) is 0.231. The molecule has 0 fully saturated rings. The van der Waals surface area contributed by atoms with Crippen molar-refractivity contribution in [3.05, 3.63) is 46.3 Å². The Morgan fingerprint density at radius 1 is 1.06 bits per heavy atom. The molecule has 0 amide bonds. The van der Waals surface area contributed by atoms with Crippen molar-refractivity contribution in [3.8, 4) is 11.3 Å². The van der Waals surface area contributed by atoms with Gasteiger partial charge in [-0.2, -0.15) is 0 Å². The van der Waals surface area contributed by atoms with Gasteiger partial charge in [0.05, 0.1) is 11.4 Å². The second kappa shape index (κ2) is 4.84. The van der Waals surface area contributed by atoms with Crippen LogP contribution in [-0.2, 0) is 5.60 Å². The van der Waals surface area contributed by atoms with Crippen LogP contribution in [0.1, 0.15) is 19.5 Å². The molecule has 0 bridgehead atoms. The number of aromatic nitrogens is 2. The summed E-state index contributed by atoms with van der Waals surface area (Å²) < 4.78 is 0. The van der Waals surface area contributed by atoms with Gasteiger partial charge in [-0.1, -0.05) is 23.7 Å². The molecule has 94 valence electrons. The molecule has 1 aromatic heterocycles. The summed E-state index contributed by atoms with van der Waals surface area (Å²) in [7, 11) is 0. The smallest absolute Gasteiger partial charge is 0.223 e. The first-order chi connectivity index (χ1) is 8.36. The Morgan fingerprint density at radius 2 is 1.67 bits per heavy atom. The molecular weight excluding hydrogens is 271 g/mol. The molecule has 0 unspecified atom stereocenters. The summed E-state index contributed by atoms with van der Waals surface area (Å²) in [5.41, 5.74) is 0.943. The largest absolute Gasteiger partial charge is 0.384 e. The number of nitrogens with zero attached hydrogens (tertiary/aromatic N) is 2. The predicted octanol–water partition coefficient (Wildman–Crippen LogP) is 3.68. The molecule has 2 rings (SSSR count). The van der Waals surface area contributed by atoms with E-state index in [0.29, 0.717) is 16.4 Å². The highest BCUT2D eigenvalue weighted by Gasteiger charge is 2.20. The van der Waals surface area contributed by atoms with Crippen molar-refractivity contribution in [2.45, 2.75) is 19.4 Å². The van der Waals surface area contributed by atoms with Gasteiger partial charge in [0.15, 0.2) is 0 Å². The van der Waals surface area contributed by atoms with E-state index in [1.807, 2.05) is 12.1 Å². The van der Waals surface area contributed by atoms with Gasteiger partial charge in [-0.15, -0.1) is 0 Å². The van der Waals surface area contributed by atoms with E-state index in [1.54, 1.807) is 32.0 Å². The Hall–Kier alpha value is -1.16. The highest BCUT2D eigenvalue weighted by molar-refractivity contribution is 6.30. The summed E-state index contributed by atoms with van der Waals surface area (Å²) in [6.07, 6.45) is 0. The van der Waals surface area contributed by atoms with Crippen LogP contribution in [0.15, 0.2) is 30.3 Å². The first-order valence-corrected chi connectivity index (χ1v) is 6.15. The Balaban J connectivity index is 2.52. The average molecular weight is 283 g/mol. The molecule has 5 heteroatoms. The zero-order chi connectivity index (χ0) is 13.3. The van der Waals surface area contributed by atoms with Gasteiger partial charge in [0.2, 0.25) is 5.28 Å². The van der Waals surface area contributed by atoms with Gasteiger partial charge < -0.3 is 5.11 Å². The van der Waals surface area contributed by atoms with Gasteiger partial charge in [0.25, 0.3) is 0 Å². The van der Waals surface area contributed by atoms with E-state index in [9.17, 15) is 5.11 Å². The highest BCUT2D eigenvalue weighted by Crippen LogP contribution is 2.25. The quantitative estimate of drug-likeness (QED) is 0.855. The highest BCUT2D eigenvalue weighted by atomic mass is 35.5. The number of hydrogen-bond donors (Lipinski definition) is 1. The van der Waals surface area contributed by atoms with E-state index in [4.69, 9.17) is 23.2 Å². The molecule has 1 heterocycles. The zero-order valence-electron chi connectivity index (χ0n) is 9.98. The predicted molar refractivity (Wildman–Crippen MR) is 72.7 cm³/mol. The van der Waals surface area contributed by atoms with Gasteiger partial charge in [-0.3, -0.25) is 0 Å². The molecule has 1 N–H and O–H groups in total. The molecule has 0 saturated carbocycles. The van der Waals surface area contributed by atoms with Crippen LogP contribution in [0.4, 0.5) is 0 Å². The van der Waals surface area contributed by atoms with E-state index in [1.165, 1.54) is 0 Å². The van der Waals surface area contributed by atoms with Gasteiger partial charge in [-0.05, 0) is 43.6 Å². The summed E-state index contributed by atoms with van der Waals surface area (Å²) in [4.78, 5) is 8.17. The molecule has 3 nitrogen and oxygen atoms in total. The van der Waals surface area contributed by atoms with Crippen molar-refractivity contribution >= 4 is 23.2 Å². The fourth-order valence-electron chi connectivity index (χ4n) is 1.50. The van der Waals surface area contributed by atoms with Crippen LogP contribution in [0.5, 0.6) is 0 Å². The number of benzene rings is 1. The Bertz CT molecular complexity index is 562. The first kappa shape index (κ1) is 13.3. The Labute approximate surface area is 115 Å². The molecule has 1 aromatic carbocycles. The molecule has 0 spiro atoms. The maximum absolute atomic E-state index is 9.96. The van der Waals surface area contributed by atoms with Crippen molar-refractivity contribution < 1.29 is 5.11 Å². The number of halogens is 2. The molecule has 0 aliphatic carbocycles. The van der Waals surface area contributed by atoms with Crippen LogP contribution in [0.25, 0.3) is 11.3 Å². The average Bonchev–Trinajstić information content (AvgIpc) is 2.28. The molecule has 0 saturated heterocycles. The second-order valence-electron chi connectivity index (χ2n) is 4.47. The van der Waals surface area contributed by atoms with Gasteiger partial charge in [0.1, 0.15) is 5.60 Å². The van der Waals surface area contributed by atoms with Crippen LogP contribution in [0.3, 0.4) is 0 Å². The lowest BCUT2D eigenvalue weighted by Gasteiger charge is -2.17. The Kier molecular flexibility index (Phi) is 3.57. The van der Waals surface area contributed by atoms with Crippen molar-refractivity contribution in [3.63, 3.8) is 0 Å². The molecule has 18 heavy (non-hydrogen) atoms. The first-order valence-electron chi connectivity index (χ1n) is 5.39. The molecular formula is C13H12Cl2N2O. The normalized spacial score (nSPS) is 11.6. The van der Waals surface area contributed by atoms with Gasteiger partial charge >= 0.3 is 0 Å².